The second kappa shape index (κ2) is 11.0. The van der Waals surface area contributed by atoms with Gasteiger partial charge in [0, 0.05) is 31.5 Å². The van der Waals surface area contributed by atoms with Crippen LogP contribution in [0.15, 0.2) is 0 Å². The lowest BCUT2D eigenvalue weighted by atomic mass is 9.41. The molecule has 1 saturated heterocycles. The van der Waals surface area contributed by atoms with Crippen molar-refractivity contribution in [3.8, 4) is 0 Å². The Morgan fingerprint density at radius 3 is 2.54 bits per heavy atom. The van der Waals surface area contributed by atoms with Crippen LogP contribution in [0.25, 0.3) is 0 Å². The molecule has 0 spiro atoms. The lowest BCUT2D eigenvalue weighted by Crippen LogP contribution is -2.64. The van der Waals surface area contributed by atoms with Crippen LogP contribution < -0.4 is 0 Å². The number of ether oxygens (including phenoxy) is 2. The van der Waals surface area contributed by atoms with Crippen molar-refractivity contribution in [1.29, 1.82) is 0 Å². The van der Waals surface area contributed by atoms with E-state index >= 15 is 0 Å². The summed E-state index contributed by atoms with van der Waals surface area (Å²) in [5, 5.41) is 33.8. The number of esters is 1. The zero-order valence-corrected chi connectivity index (χ0v) is 23.3. The number of nitrogens with zero attached hydrogens (tertiary/aromatic N) is 1. The number of hydrogen-bond donors (Lipinski definition) is 3. The first kappa shape index (κ1) is 27.8. The zero-order chi connectivity index (χ0) is 26.4. The van der Waals surface area contributed by atoms with Crippen molar-refractivity contribution in [3.63, 3.8) is 0 Å². The van der Waals surface area contributed by atoms with Crippen LogP contribution in [0.4, 0.5) is 0 Å². The molecule has 1 aliphatic heterocycles. The number of aliphatic hydroxyl groups is 3. The van der Waals surface area contributed by atoms with Gasteiger partial charge in [-0.2, -0.15) is 0 Å². The molecule has 4 saturated carbocycles. The van der Waals surface area contributed by atoms with E-state index in [1.54, 1.807) is 0 Å². The third-order valence-corrected chi connectivity index (χ3v) is 12.0. The van der Waals surface area contributed by atoms with Crippen LogP contribution in [0.1, 0.15) is 78.6 Å². The standard InChI is InChI=1S/C30H51NO6/c1-19(2)30-20(5-7-27(35)37-15-12-31-10-13-36-14-11-31)4-6-23(30)28-24(18-26(30)34)29(3)9-8-22(32)16-21(29)17-25(28)33/h19-26,28,32-34H,4-18H2,1-3H3/t20?,21-,22+,23-,24-,25+,26-,28-,29-,30+/m0/s1. The third-order valence-electron chi connectivity index (χ3n) is 12.0. The summed E-state index contributed by atoms with van der Waals surface area (Å²) < 4.78 is 11.0. The highest BCUT2D eigenvalue weighted by molar-refractivity contribution is 5.69. The molecule has 7 nitrogen and oxygen atoms in total. The van der Waals surface area contributed by atoms with Crippen molar-refractivity contribution < 1.29 is 29.6 Å². The molecular formula is C30H51NO6. The lowest BCUT2D eigenvalue weighted by Gasteiger charge is -2.64. The Kier molecular flexibility index (Phi) is 8.30. The molecule has 10 atom stereocenters. The van der Waals surface area contributed by atoms with Gasteiger partial charge in [0.05, 0.1) is 31.5 Å². The summed E-state index contributed by atoms with van der Waals surface area (Å²) in [6.07, 6.45) is 6.25. The summed E-state index contributed by atoms with van der Waals surface area (Å²) in [5.74, 6) is 1.53. The number of fused-ring (bicyclic) bond motifs is 5. The average Bonchev–Trinajstić information content (AvgIpc) is 3.26. The van der Waals surface area contributed by atoms with E-state index in [4.69, 9.17) is 9.47 Å². The van der Waals surface area contributed by atoms with E-state index in [0.29, 0.717) is 24.9 Å². The van der Waals surface area contributed by atoms with Gasteiger partial charge < -0.3 is 24.8 Å². The molecule has 0 bridgehead atoms. The zero-order valence-electron chi connectivity index (χ0n) is 23.3. The summed E-state index contributed by atoms with van der Waals surface area (Å²) >= 11 is 0. The smallest absolute Gasteiger partial charge is 0.305 e. The number of rotatable bonds is 7. The van der Waals surface area contributed by atoms with Crippen molar-refractivity contribution in [2.45, 2.75) is 96.9 Å². The van der Waals surface area contributed by atoms with Gasteiger partial charge in [0.2, 0.25) is 0 Å². The van der Waals surface area contributed by atoms with Gasteiger partial charge in [-0.15, -0.1) is 0 Å². The fraction of sp³-hybridized carbons (Fsp3) is 0.967. The highest BCUT2D eigenvalue weighted by atomic mass is 16.5. The highest BCUT2D eigenvalue weighted by Gasteiger charge is 2.67. The van der Waals surface area contributed by atoms with E-state index in [1.807, 2.05) is 0 Å². The van der Waals surface area contributed by atoms with Crippen LogP contribution in [0.2, 0.25) is 0 Å². The highest BCUT2D eigenvalue weighted by Crippen LogP contribution is 2.69. The third kappa shape index (κ3) is 4.90. The topological polar surface area (TPSA) is 99.5 Å². The number of morpholine rings is 1. The largest absolute Gasteiger partial charge is 0.464 e. The number of carbonyl (C=O) groups excluding carboxylic acids is 1. The molecule has 0 radical (unpaired) electrons. The maximum atomic E-state index is 12.7. The molecular weight excluding hydrogens is 470 g/mol. The number of hydrogen-bond acceptors (Lipinski definition) is 7. The van der Waals surface area contributed by atoms with Gasteiger partial charge in [-0.1, -0.05) is 20.8 Å². The maximum Gasteiger partial charge on any atom is 0.305 e. The minimum absolute atomic E-state index is 0.0790. The number of carbonyl (C=O) groups is 1. The molecule has 1 unspecified atom stereocenters. The molecule has 0 aromatic rings. The molecule has 0 aromatic carbocycles. The molecule has 5 rings (SSSR count). The van der Waals surface area contributed by atoms with Crippen LogP contribution in [-0.2, 0) is 14.3 Å². The van der Waals surface area contributed by atoms with Crippen molar-refractivity contribution >= 4 is 5.97 Å². The molecule has 3 N–H and O–H groups in total. The van der Waals surface area contributed by atoms with Crippen LogP contribution >= 0.6 is 0 Å². The van der Waals surface area contributed by atoms with E-state index in [9.17, 15) is 20.1 Å². The summed E-state index contributed by atoms with van der Waals surface area (Å²) in [6, 6.07) is 0. The Morgan fingerprint density at radius 2 is 1.81 bits per heavy atom. The van der Waals surface area contributed by atoms with Gasteiger partial charge in [0.1, 0.15) is 6.61 Å². The minimum atomic E-state index is -0.418. The maximum absolute atomic E-state index is 12.7. The molecule has 5 aliphatic rings. The Balaban J connectivity index is 1.26. The fourth-order valence-electron chi connectivity index (χ4n) is 10.2. The summed E-state index contributed by atoms with van der Waals surface area (Å²) in [4.78, 5) is 14.9. The van der Waals surface area contributed by atoms with Gasteiger partial charge in [-0.25, -0.2) is 0 Å². The van der Waals surface area contributed by atoms with Crippen molar-refractivity contribution in [2.75, 3.05) is 39.5 Å². The van der Waals surface area contributed by atoms with Crippen LogP contribution in [0.5, 0.6) is 0 Å². The van der Waals surface area contributed by atoms with Crippen molar-refractivity contribution in [1.82, 2.24) is 4.90 Å². The molecule has 0 aromatic heterocycles. The predicted molar refractivity (Wildman–Crippen MR) is 141 cm³/mol. The van der Waals surface area contributed by atoms with Gasteiger partial charge in [0.15, 0.2) is 0 Å². The lowest BCUT2D eigenvalue weighted by molar-refractivity contribution is -0.220. The van der Waals surface area contributed by atoms with E-state index in [-0.39, 0.29) is 52.7 Å². The second-order valence-electron chi connectivity index (χ2n) is 13.6. The van der Waals surface area contributed by atoms with E-state index in [0.717, 1.165) is 84.2 Å². The Hall–Kier alpha value is -0.730. The summed E-state index contributed by atoms with van der Waals surface area (Å²) in [7, 11) is 0. The van der Waals surface area contributed by atoms with Crippen molar-refractivity contribution in [2.24, 2.45) is 46.3 Å². The van der Waals surface area contributed by atoms with Crippen LogP contribution in [0, 0.1) is 46.3 Å². The Morgan fingerprint density at radius 1 is 1.05 bits per heavy atom. The Bertz CT molecular complexity index is 801. The van der Waals surface area contributed by atoms with Gasteiger partial charge in [-0.05, 0) is 92.3 Å². The fourth-order valence-corrected chi connectivity index (χ4v) is 10.2. The first-order valence-corrected chi connectivity index (χ1v) is 15.2. The molecule has 1 heterocycles. The van der Waals surface area contributed by atoms with E-state index < -0.39 is 6.10 Å². The average molecular weight is 522 g/mol. The quantitative estimate of drug-likeness (QED) is 0.442. The van der Waals surface area contributed by atoms with E-state index in [1.165, 1.54) is 0 Å². The molecule has 212 valence electrons. The van der Waals surface area contributed by atoms with Crippen LogP contribution in [0.3, 0.4) is 0 Å². The van der Waals surface area contributed by atoms with Crippen molar-refractivity contribution in [3.05, 3.63) is 0 Å². The number of aliphatic hydroxyl groups excluding tert-OH is 3. The summed E-state index contributed by atoms with van der Waals surface area (Å²) in [6.45, 7) is 11.3. The molecule has 0 amide bonds. The normalized spacial score (nSPS) is 46.2. The van der Waals surface area contributed by atoms with E-state index in [2.05, 4.69) is 25.7 Å². The first-order valence-electron chi connectivity index (χ1n) is 15.2. The minimum Gasteiger partial charge on any atom is -0.464 e. The molecule has 7 heteroatoms. The monoisotopic (exact) mass is 521 g/mol. The summed E-state index contributed by atoms with van der Waals surface area (Å²) in [5.41, 5.74) is -0.177. The van der Waals surface area contributed by atoms with Gasteiger partial charge in [-0.3, -0.25) is 9.69 Å². The van der Waals surface area contributed by atoms with Gasteiger partial charge >= 0.3 is 5.97 Å². The molecule has 5 fully saturated rings. The SMILES string of the molecule is CC(C)[C@@]12C(CCC(=O)OCCN3CCOCC3)CC[C@H]1[C@@H]1[C@H](O)C[C@@H]3C[C@H](O)CC[C@]3(C)[C@H]1C[C@@H]2O. The molecule has 37 heavy (non-hydrogen) atoms. The Labute approximate surface area is 223 Å². The molecule has 4 aliphatic carbocycles. The van der Waals surface area contributed by atoms with Crippen LogP contribution in [-0.4, -0.2) is 84.0 Å². The predicted octanol–water partition coefficient (Wildman–Crippen LogP) is 3.24. The first-order chi connectivity index (χ1) is 17.7. The van der Waals surface area contributed by atoms with Gasteiger partial charge in [0.25, 0.3) is 0 Å². The second-order valence-corrected chi connectivity index (χ2v) is 13.6.